The minimum Gasteiger partial charge on any atom is -0.387 e. The normalized spacial score (nSPS) is 12.8. The average Bonchev–Trinajstić information content (AvgIpc) is 2.77. The number of nitrogens with zero attached hydrogens (tertiary/aromatic N) is 1. The summed E-state index contributed by atoms with van der Waals surface area (Å²) < 4.78 is 2.16. The first-order chi connectivity index (χ1) is 9.60. The molecule has 0 unspecified atom stereocenters. The van der Waals surface area contributed by atoms with Gasteiger partial charge in [0.15, 0.2) is 0 Å². The molecule has 0 fully saturated rings. The first-order valence-electron chi connectivity index (χ1n) is 6.85. The van der Waals surface area contributed by atoms with Crippen molar-refractivity contribution in [2.24, 2.45) is 7.05 Å². The summed E-state index contributed by atoms with van der Waals surface area (Å²) in [5.41, 5.74) is 5.76. The molecule has 0 saturated carbocycles. The van der Waals surface area contributed by atoms with Gasteiger partial charge in [-0.05, 0) is 25.5 Å². The number of hydrogen-bond donors (Lipinski definition) is 1. The first-order valence-corrected chi connectivity index (χ1v) is 6.85. The van der Waals surface area contributed by atoms with E-state index in [0.717, 1.165) is 16.8 Å². The summed E-state index contributed by atoms with van der Waals surface area (Å²) in [6, 6.07) is 8.45. The summed E-state index contributed by atoms with van der Waals surface area (Å²) in [5, 5.41) is 4.60. The second kappa shape index (κ2) is 5.83. The van der Waals surface area contributed by atoms with Crippen molar-refractivity contribution >= 4 is 16.6 Å². The van der Waals surface area contributed by atoms with Crippen LogP contribution in [0.5, 0.6) is 0 Å². The summed E-state index contributed by atoms with van der Waals surface area (Å²) in [6.07, 6.45) is 6.32. The van der Waals surface area contributed by atoms with Crippen molar-refractivity contribution in [1.29, 1.82) is 0 Å². The number of hydrogen-bond acceptors (Lipinski definition) is 1. The van der Waals surface area contributed by atoms with Gasteiger partial charge in [-0.1, -0.05) is 36.9 Å². The van der Waals surface area contributed by atoms with Crippen LogP contribution < -0.4 is 5.32 Å². The molecule has 1 aromatic carbocycles. The Balaban J connectivity index is 2.78. The Hall–Kier alpha value is -2.22. The molecule has 20 heavy (non-hydrogen) atoms. The molecule has 1 N–H and O–H groups in total. The fourth-order valence-corrected chi connectivity index (χ4v) is 2.56. The molecular weight excluding hydrogens is 244 g/mol. The largest absolute Gasteiger partial charge is 0.387 e. The quantitative estimate of drug-likeness (QED) is 0.818. The van der Waals surface area contributed by atoms with Crippen LogP contribution in [-0.4, -0.2) is 11.6 Å². The highest BCUT2D eigenvalue weighted by molar-refractivity contribution is 5.94. The predicted octanol–water partition coefficient (Wildman–Crippen LogP) is 4.26. The SMILES string of the molecule is C=C(C)C(/C=C\C)=C(\NC)c1cn(C)c2ccccc12. The molecule has 0 radical (unpaired) electrons. The van der Waals surface area contributed by atoms with E-state index in [1.807, 2.05) is 27.0 Å². The van der Waals surface area contributed by atoms with E-state index < -0.39 is 0 Å². The number of rotatable bonds is 4. The molecule has 2 rings (SSSR count). The van der Waals surface area contributed by atoms with Crippen LogP contribution in [0.2, 0.25) is 0 Å². The van der Waals surface area contributed by atoms with Crippen LogP contribution in [0.3, 0.4) is 0 Å². The molecule has 0 spiro atoms. The maximum atomic E-state index is 4.10. The van der Waals surface area contributed by atoms with E-state index in [9.17, 15) is 0 Å². The number of allylic oxidation sites excluding steroid dienone is 4. The molecule has 104 valence electrons. The zero-order valence-electron chi connectivity index (χ0n) is 12.7. The van der Waals surface area contributed by atoms with Gasteiger partial charge >= 0.3 is 0 Å². The molecule has 2 heteroatoms. The number of para-hydroxylation sites is 1. The standard InChI is InChI=1S/C18H22N2/c1-6-9-14(13(2)3)18(19-4)16-12-20(5)17-11-8-7-10-15(16)17/h6-12,19H,2H2,1,3-5H3/b9-6-,18-14-. The Morgan fingerprint density at radius 3 is 2.60 bits per heavy atom. The number of aryl methyl sites for hydroxylation is 1. The molecule has 0 amide bonds. The molecule has 1 aromatic heterocycles. The van der Waals surface area contributed by atoms with Gasteiger partial charge in [-0.15, -0.1) is 0 Å². The fraction of sp³-hybridized carbons (Fsp3) is 0.222. The third-order valence-electron chi connectivity index (χ3n) is 3.48. The molecule has 0 saturated heterocycles. The van der Waals surface area contributed by atoms with E-state index in [4.69, 9.17) is 0 Å². The molecule has 2 aromatic rings. The number of nitrogens with one attached hydrogen (secondary N) is 1. The lowest BCUT2D eigenvalue weighted by molar-refractivity contribution is 0.964. The number of aromatic nitrogens is 1. The maximum absolute atomic E-state index is 4.10. The zero-order chi connectivity index (χ0) is 14.7. The monoisotopic (exact) mass is 266 g/mol. The highest BCUT2D eigenvalue weighted by Gasteiger charge is 2.13. The van der Waals surface area contributed by atoms with E-state index in [-0.39, 0.29) is 0 Å². The minimum absolute atomic E-state index is 1.06. The fourth-order valence-electron chi connectivity index (χ4n) is 2.56. The molecule has 2 nitrogen and oxygen atoms in total. The van der Waals surface area contributed by atoms with Gasteiger partial charge in [-0.25, -0.2) is 0 Å². The van der Waals surface area contributed by atoms with Gasteiger partial charge in [0, 0.05) is 42.3 Å². The summed E-state index contributed by atoms with van der Waals surface area (Å²) in [5.74, 6) is 0. The molecule has 0 atom stereocenters. The van der Waals surface area contributed by atoms with Crippen molar-refractivity contribution in [3.8, 4) is 0 Å². The predicted molar refractivity (Wildman–Crippen MR) is 88.5 cm³/mol. The van der Waals surface area contributed by atoms with Gasteiger partial charge in [0.1, 0.15) is 0 Å². The van der Waals surface area contributed by atoms with Crippen LogP contribution in [0.4, 0.5) is 0 Å². The summed E-state index contributed by atoms with van der Waals surface area (Å²) in [4.78, 5) is 0. The molecule has 0 aliphatic carbocycles. The van der Waals surface area contributed by atoms with Crippen LogP contribution >= 0.6 is 0 Å². The molecule has 1 heterocycles. The Labute approximate surface area is 121 Å². The first kappa shape index (κ1) is 14.2. The summed E-state index contributed by atoms with van der Waals surface area (Å²) in [6.45, 7) is 8.17. The van der Waals surface area contributed by atoms with Crippen molar-refractivity contribution in [2.45, 2.75) is 13.8 Å². The van der Waals surface area contributed by atoms with E-state index in [2.05, 4.69) is 60.0 Å². The highest BCUT2D eigenvalue weighted by atomic mass is 14.9. The minimum atomic E-state index is 1.06. The second-order valence-electron chi connectivity index (χ2n) is 4.99. The van der Waals surface area contributed by atoms with Crippen molar-refractivity contribution in [1.82, 2.24) is 9.88 Å². The lowest BCUT2D eigenvalue weighted by Gasteiger charge is -2.12. The number of benzene rings is 1. The Morgan fingerprint density at radius 2 is 2.00 bits per heavy atom. The Kier molecular flexibility index (Phi) is 4.14. The van der Waals surface area contributed by atoms with Crippen molar-refractivity contribution in [3.63, 3.8) is 0 Å². The Morgan fingerprint density at radius 1 is 1.30 bits per heavy atom. The Bertz CT molecular complexity index is 699. The van der Waals surface area contributed by atoms with E-state index >= 15 is 0 Å². The zero-order valence-corrected chi connectivity index (χ0v) is 12.7. The van der Waals surface area contributed by atoms with Crippen molar-refractivity contribution in [3.05, 3.63) is 65.9 Å². The summed E-state index contributed by atoms with van der Waals surface area (Å²) >= 11 is 0. The average molecular weight is 266 g/mol. The molecule has 0 bridgehead atoms. The van der Waals surface area contributed by atoms with Gasteiger partial charge in [0.05, 0.1) is 5.70 Å². The van der Waals surface area contributed by atoms with Gasteiger partial charge in [0.2, 0.25) is 0 Å². The van der Waals surface area contributed by atoms with E-state index in [1.54, 1.807) is 0 Å². The van der Waals surface area contributed by atoms with Crippen LogP contribution in [0, 0.1) is 0 Å². The van der Waals surface area contributed by atoms with Crippen LogP contribution in [-0.2, 0) is 7.05 Å². The van der Waals surface area contributed by atoms with E-state index in [0.29, 0.717) is 0 Å². The smallest absolute Gasteiger partial charge is 0.0508 e. The lowest BCUT2D eigenvalue weighted by Crippen LogP contribution is -2.08. The molecule has 0 aliphatic heterocycles. The topological polar surface area (TPSA) is 17.0 Å². The second-order valence-corrected chi connectivity index (χ2v) is 4.99. The van der Waals surface area contributed by atoms with Crippen LogP contribution in [0.25, 0.3) is 16.6 Å². The summed E-state index contributed by atoms with van der Waals surface area (Å²) in [7, 11) is 4.04. The third kappa shape index (κ3) is 2.42. The number of fused-ring (bicyclic) bond motifs is 1. The van der Waals surface area contributed by atoms with Gasteiger partial charge in [-0.3, -0.25) is 0 Å². The van der Waals surface area contributed by atoms with E-state index in [1.165, 1.54) is 16.5 Å². The molecule has 0 aliphatic rings. The van der Waals surface area contributed by atoms with Gasteiger partial charge in [0.25, 0.3) is 0 Å². The van der Waals surface area contributed by atoms with Crippen LogP contribution in [0.15, 0.2) is 60.3 Å². The maximum Gasteiger partial charge on any atom is 0.0508 e. The van der Waals surface area contributed by atoms with Crippen molar-refractivity contribution in [2.75, 3.05) is 7.05 Å². The highest BCUT2D eigenvalue weighted by Crippen LogP contribution is 2.29. The van der Waals surface area contributed by atoms with Crippen LogP contribution in [0.1, 0.15) is 19.4 Å². The van der Waals surface area contributed by atoms with Gasteiger partial charge < -0.3 is 9.88 Å². The van der Waals surface area contributed by atoms with Gasteiger partial charge in [-0.2, -0.15) is 0 Å². The molecular formula is C18H22N2. The lowest BCUT2D eigenvalue weighted by atomic mass is 10.0. The third-order valence-corrected chi connectivity index (χ3v) is 3.48. The van der Waals surface area contributed by atoms with Crippen molar-refractivity contribution < 1.29 is 0 Å².